The van der Waals surface area contributed by atoms with Crippen LogP contribution in [-0.4, -0.2) is 37.3 Å². The van der Waals surface area contributed by atoms with Gasteiger partial charge in [-0.25, -0.2) is 0 Å². The fraction of sp³-hybridized carbons (Fsp3) is 0.538. The van der Waals surface area contributed by atoms with E-state index >= 15 is 0 Å². The molecule has 1 unspecified atom stereocenters. The molecule has 2 heterocycles. The van der Waals surface area contributed by atoms with Crippen LogP contribution in [0.15, 0.2) is 18.2 Å². The maximum atomic E-state index is 10.8. The van der Waals surface area contributed by atoms with Crippen LogP contribution in [0.25, 0.3) is 0 Å². The molecule has 0 radical (unpaired) electrons. The minimum absolute atomic E-state index is 0.0645. The van der Waals surface area contributed by atoms with E-state index in [9.17, 15) is 10.1 Å². The van der Waals surface area contributed by atoms with Gasteiger partial charge in [0.05, 0.1) is 23.3 Å². The Labute approximate surface area is 111 Å². The fourth-order valence-corrected chi connectivity index (χ4v) is 2.30. The molecule has 0 saturated carbocycles. The van der Waals surface area contributed by atoms with E-state index in [-0.39, 0.29) is 11.8 Å². The van der Waals surface area contributed by atoms with Crippen LogP contribution in [0.5, 0.6) is 5.75 Å². The van der Waals surface area contributed by atoms with Crippen LogP contribution in [0, 0.1) is 10.1 Å². The lowest BCUT2D eigenvalue weighted by molar-refractivity contribution is -0.384. The maximum absolute atomic E-state index is 10.8. The van der Waals surface area contributed by atoms with Gasteiger partial charge >= 0.3 is 0 Å². The van der Waals surface area contributed by atoms with Crippen LogP contribution in [0.3, 0.4) is 0 Å². The summed E-state index contributed by atoms with van der Waals surface area (Å²) < 4.78 is 10.8. The Morgan fingerprint density at radius 2 is 2.16 bits per heavy atom. The third kappa shape index (κ3) is 2.78. The molecular formula is C13H16N2O4. The van der Waals surface area contributed by atoms with Gasteiger partial charge in [0.25, 0.3) is 5.69 Å². The first-order valence-electron chi connectivity index (χ1n) is 6.52. The summed E-state index contributed by atoms with van der Waals surface area (Å²) in [5.74, 6) is 0.589. The molecule has 0 aromatic heterocycles. The van der Waals surface area contributed by atoms with Crippen LogP contribution in [0.2, 0.25) is 0 Å². The predicted octanol–water partition coefficient (Wildman–Crippen LogP) is 1.97. The second-order valence-electron chi connectivity index (χ2n) is 4.87. The van der Waals surface area contributed by atoms with Crippen molar-refractivity contribution in [3.05, 3.63) is 28.3 Å². The van der Waals surface area contributed by atoms with Crippen molar-refractivity contribution < 1.29 is 14.4 Å². The van der Waals surface area contributed by atoms with E-state index < -0.39 is 4.92 Å². The highest BCUT2D eigenvalue weighted by molar-refractivity contribution is 5.62. The van der Waals surface area contributed by atoms with Gasteiger partial charge in [-0.3, -0.25) is 10.1 Å². The summed E-state index contributed by atoms with van der Waals surface area (Å²) in [5.41, 5.74) is 1.01. The first kappa shape index (κ1) is 12.2. The molecule has 0 spiro atoms. The third-order valence-electron chi connectivity index (χ3n) is 3.43. The number of nitro groups is 1. The van der Waals surface area contributed by atoms with Crippen LogP contribution in [-0.2, 0) is 4.74 Å². The lowest BCUT2D eigenvalue weighted by atomic mass is 10.2. The summed E-state index contributed by atoms with van der Waals surface area (Å²) in [6.45, 7) is 3.14. The average Bonchev–Trinajstić information content (AvgIpc) is 3.08. The quantitative estimate of drug-likeness (QED) is 0.462. The minimum atomic E-state index is -0.395. The van der Waals surface area contributed by atoms with Crippen molar-refractivity contribution >= 4 is 11.4 Å². The number of rotatable bonds is 5. The van der Waals surface area contributed by atoms with Crippen molar-refractivity contribution in [1.82, 2.24) is 0 Å². The molecule has 3 rings (SSSR count). The van der Waals surface area contributed by atoms with Crippen molar-refractivity contribution in [2.45, 2.75) is 18.9 Å². The van der Waals surface area contributed by atoms with Crippen LogP contribution >= 0.6 is 0 Å². The first-order chi connectivity index (χ1) is 9.24. The highest BCUT2D eigenvalue weighted by Gasteiger charge is 2.25. The molecule has 0 aliphatic carbocycles. The summed E-state index contributed by atoms with van der Waals surface area (Å²) in [6.07, 6.45) is 2.45. The molecule has 1 atom stereocenters. The summed E-state index contributed by atoms with van der Waals surface area (Å²) in [4.78, 5) is 12.7. The predicted molar refractivity (Wildman–Crippen MR) is 69.8 cm³/mol. The number of epoxide rings is 1. The molecule has 0 amide bonds. The van der Waals surface area contributed by atoms with Crippen LogP contribution in [0.1, 0.15) is 12.8 Å². The van der Waals surface area contributed by atoms with Gasteiger partial charge in [-0.15, -0.1) is 0 Å². The van der Waals surface area contributed by atoms with E-state index in [1.165, 1.54) is 12.1 Å². The number of ether oxygens (including phenoxy) is 2. The highest BCUT2D eigenvalue weighted by Crippen LogP contribution is 2.34. The zero-order valence-corrected chi connectivity index (χ0v) is 10.6. The summed E-state index contributed by atoms with van der Waals surface area (Å²) in [7, 11) is 0. The molecule has 1 aromatic carbocycles. The van der Waals surface area contributed by atoms with Gasteiger partial charge in [0, 0.05) is 19.2 Å². The summed E-state index contributed by atoms with van der Waals surface area (Å²) in [6, 6.07) is 4.83. The Kier molecular flexibility index (Phi) is 3.25. The van der Waals surface area contributed by atoms with Gasteiger partial charge in [-0.2, -0.15) is 0 Å². The lowest BCUT2D eigenvalue weighted by Crippen LogP contribution is -2.19. The van der Waals surface area contributed by atoms with Gasteiger partial charge in [0.2, 0.25) is 0 Å². The molecule has 2 saturated heterocycles. The monoisotopic (exact) mass is 264 g/mol. The topological polar surface area (TPSA) is 68.1 Å². The average molecular weight is 264 g/mol. The zero-order chi connectivity index (χ0) is 13.2. The third-order valence-corrected chi connectivity index (χ3v) is 3.43. The number of anilines is 1. The van der Waals surface area contributed by atoms with Gasteiger partial charge in [-0.1, -0.05) is 0 Å². The molecule has 2 aliphatic heterocycles. The molecule has 6 heteroatoms. The molecule has 2 fully saturated rings. The number of hydrogen-bond acceptors (Lipinski definition) is 5. The summed E-state index contributed by atoms with van der Waals surface area (Å²) >= 11 is 0. The molecule has 19 heavy (non-hydrogen) atoms. The van der Waals surface area contributed by atoms with E-state index in [4.69, 9.17) is 9.47 Å². The minimum Gasteiger partial charge on any atom is -0.488 e. The van der Waals surface area contributed by atoms with Crippen molar-refractivity contribution in [1.29, 1.82) is 0 Å². The maximum Gasteiger partial charge on any atom is 0.273 e. The first-order valence-corrected chi connectivity index (χ1v) is 6.52. The Morgan fingerprint density at radius 3 is 2.79 bits per heavy atom. The van der Waals surface area contributed by atoms with Crippen LogP contribution < -0.4 is 9.64 Å². The number of non-ortho nitro benzene ring substituents is 1. The smallest absolute Gasteiger partial charge is 0.273 e. The summed E-state index contributed by atoms with van der Waals surface area (Å²) in [5, 5.41) is 10.8. The lowest BCUT2D eigenvalue weighted by Gasteiger charge is -2.21. The number of nitrogens with zero attached hydrogens (tertiary/aromatic N) is 2. The molecule has 0 N–H and O–H groups in total. The van der Waals surface area contributed by atoms with Crippen molar-refractivity contribution in [3.63, 3.8) is 0 Å². The molecule has 1 aromatic rings. The molecule has 102 valence electrons. The highest BCUT2D eigenvalue weighted by atomic mass is 16.6. The van der Waals surface area contributed by atoms with E-state index in [1.807, 2.05) is 0 Å². The fourth-order valence-electron chi connectivity index (χ4n) is 2.30. The number of hydrogen-bond donors (Lipinski definition) is 0. The van der Waals surface area contributed by atoms with E-state index in [0.29, 0.717) is 19.0 Å². The molecule has 6 nitrogen and oxygen atoms in total. The Hall–Kier alpha value is -1.82. The Morgan fingerprint density at radius 1 is 1.42 bits per heavy atom. The van der Waals surface area contributed by atoms with E-state index in [0.717, 1.165) is 31.6 Å². The standard InChI is InChI=1S/C13H16N2O4/c16-15(17)10-3-4-12(14-5-1-2-6-14)13(7-10)19-9-11-8-18-11/h3-4,7,11H,1-2,5-6,8-9H2. The van der Waals surface area contributed by atoms with Crippen molar-refractivity contribution in [3.8, 4) is 5.75 Å². The van der Waals surface area contributed by atoms with Crippen LogP contribution in [0.4, 0.5) is 11.4 Å². The van der Waals surface area contributed by atoms with Gasteiger partial charge < -0.3 is 14.4 Å². The van der Waals surface area contributed by atoms with Crippen molar-refractivity contribution in [2.75, 3.05) is 31.2 Å². The van der Waals surface area contributed by atoms with Crippen molar-refractivity contribution in [2.24, 2.45) is 0 Å². The molecule has 0 bridgehead atoms. The molecule has 2 aliphatic rings. The molecular weight excluding hydrogens is 248 g/mol. The largest absolute Gasteiger partial charge is 0.488 e. The normalized spacial score (nSPS) is 21.5. The Bertz CT molecular complexity index is 482. The Balaban J connectivity index is 1.84. The second kappa shape index (κ2) is 5.05. The zero-order valence-electron chi connectivity index (χ0n) is 10.6. The van der Waals surface area contributed by atoms with Gasteiger partial charge in [0.1, 0.15) is 18.5 Å². The van der Waals surface area contributed by atoms with E-state index in [1.54, 1.807) is 6.07 Å². The number of benzene rings is 1. The SMILES string of the molecule is O=[N+]([O-])c1ccc(N2CCCC2)c(OCC2CO2)c1. The number of nitro benzene ring substituents is 1. The van der Waals surface area contributed by atoms with Gasteiger partial charge in [0.15, 0.2) is 0 Å². The van der Waals surface area contributed by atoms with Gasteiger partial charge in [-0.05, 0) is 18.9 Å². The second-order valence-corrected chi connectivity index (χ2v) is 4.87. The van der Waals surface area contributed by atoms with E-state index in [2.05, 4.69) is 4.90 Å².